The minimum atomic E-state index is -3.79. The second kappa shape index (κ2) is 6.03. The van der Waals surface area contributed by atoms with E-state index in [1.54, 1.807) is 30.3 Å². The number of rotatable bonds is 4. The second-order valence-corrected chi connectivity index (χ2v) is 6.82. The van der Waals surface area contributed by atoms with Crippen molar-refractivity contribution in [2.45, 2.75) is 4.90 Å². The van der Waals surface area contributed by atoms with Crippen LogP contribution in [-0.4, -0.2) is 15.5 Å². The maximum atomic E-state index is 12.4. The number of hydrogen-bond acceptors (Lipinski definition) is 3. The van der Waals surface area contributed by atoms with Gasteiger partial charge in [0.05, 0.1) is 12.8 Å². The van der Waals surface area contributed by atoms with Gasteiger partial charge in [0.1, 0.15) is 10.6 Å². The standard InChI is InChI=1S/C13H11BrClNO3S/c1-19-12-7-6-9(15)8-13(12)20(17,18)16-11-5-3-2-4-10(11)14/h2-8,16H,1H3. The third-order valence-electron chi connectivity index (χ3n) is 2.53. The molecule has 1 N–H and O–H groups in total. The first-order chi connectivity index (χ1) is 9.44. The third kappa shape index (κ3) is 3.26. The molecule has 0 bridgehead atoms. The Morgan fingerprint density at radius 2 is 1.90 bits per heavy atom. The van der Waals surface area contributed by atoms with Crippen molar-refractivity contribution in [2.24, 2.45) is 0 Å². The highest BCUT2D eigenvalue weighted by atomic mass is 79.9. The lowest BCUT2D eigenvalue weighted by atomic mass is 10.3. The second-order valence-electron chi connectivity index (χ2n) is 3.88. The number of para-hydroxylation sites is 1. The van der Waals surface area contributed by atoms with Crippen LogP contribution in [0.25, 0.3) is 0 Å². The summed E-state index contributed by atoms with van der Waals surface area (Å²) in [6.45, 7) is 0. The van der Waals surface area contributed by atoms with Crippen molar-refractivity contribution in [2.75, 3.05) is 11.8 Å². The van der Waals surface area contributed by atoms with Crippen molar-refractivity contribution < 1.29 is 13.2 Å². The molecule has 0 aromatic heterocycles. The van der Waals surface area contributed by atoms with Gasteiger partial charge in [-0.15, -0.1) is 0 Å². The first kappa shape index (κ1) is 15.2. The largest absolute Gasteiger partial charge is 0.495 e. The Hall–Kier alpha value is -1.24. The molecule has 0 atom stereocenters. The molecular weight excluding hydrogens is 366 g/mol. The lowest BCUT2D eigenvalue weighted by Gasteiger charge is -2.12. The molecule has 0 fully saturated rings. The normalized spacial score (nSPS) is 11.2. The number of halogens is 2. The van der Waals surface area contributed by atoms with Gasteiger partial charge in [0.25, 0.3) is 10.0 Å². The Bertz CT molecular complexity index is 734. The SMILES string of the molecule is COc1ccc(Cl)cc1S(=O)(=O)Nc1ccccc1Br. The molecule has 0 radical (unpaired) electrons. The van der Waals surface area contributed by atoms with E-state index in [-0.39, 0.29) is 10.6 Å². The van der Waals surface area contributed by atoms with E-state index < -0.39 is 10.0 Å². The van der Waals surface area contributed by atoms with Crippen LogP contribution in [0.4, 0.5) is 5.69 Å². The maximum absolute atomic E-state index is 12.4. The Morgan fingerprint density at radius 1 is 1.20 bits per heavy atom. The summed E-state index contributed by atoms with van der Waals surface area (Å²) in [6, 6.07) is 11.3. The van der Waals surface area contributed by atoms with Crippen LogP contribution in [0.2, 0.25) is 5.02 Å². The van der Waals surface area contributed by atoms with Crippen molar-refractivity contribution in [3.63, 3.8) is 0 Å². The number of anilines is 1. The highest BCUT2D eigenvalue weighted by molar-refractivity contribution is 9.10. The van der Waals surface area contributed by atoms with Crippen LogP contribution >= 0.6 is 27.5 Å². The van der Waals surface area contributed by atoms with E-state index >= 15 is 0 Å². The Labute approximate surface area is 130 Å². The Morgan fingerprint density at radius 3 is 2.55 bits per heavy atom. The molecule has 0 aliphatic carbocycles. The predicted octanol–water partition coefficient (Wildman–Crippen LogP) is 3.91. The zero-order valence-corrected chi connectivity index (χ0v) is 13.6. The number of nitrogens with one attached hydrogen (secondary N) is 1. The number of hydrogen-bond donors (Lipinski definition) is 1. The minimum absolute atomic E-state index is 0.0109. The monoisotopic (exact) mass is 375 g/mol. The topological polar surface area (TPSA) is 55.4 Å². The zero-order chi connectivity index (χ0) is 14.8. The Kier molecular flexibility index (Phi) is 4.57. The van der Waals surface area contributed by atoms with Gasteiger partial charge in [-0.2, -0.15) is 0 Å². The van der Waals surface area contributed by atoms with E-state index in [1.165, 1.54) is 19.2 Å². The highest BCUT2D eigenvalue weighted by Crippen LogP contribution is 2.30. The van der Waals surface area contributed by atoms with Crippen molar-refractivity contribution in [1.82, 2.24) is 0 Å². The maximum Gasteiger partial charge on any atom is 0.265 e. The molecule has 2 rings (SSSR count). The van der Waals surface area contributed by atoms with Gasteiger partial charge in [0, 0.05) is 9.50 Å². The van der Waals surface area contributed by atoms with Gasteiger partial charge < -0.3 is 4.74 Å². The Balaban J connectivity index is 2.46. The fraction of sp³-hybridized carbons (Fsp3) is 0.0769. The lowest BCUT2D eigenvalue weighted by molar-refractivity contribution is 0.403. The van der Waals surface area contributed by atoms with Crippen LogP contribution in [0.15, 0.2) is 51.8 Å². The van der Waals surface area contributed by atoms with Gasteiger partial charge in [-0.3, -0.25) is 4.72 Å². The molecule has 0 heterocycles. The van der Waals surface area contributed by atoms with Crippen molar-refractivity contribution in [1.29, 1.82) is 0 Å². The summed E-state index contributed by atoms with van der Waals surface area (Å²) >= 11 is 9.14. The van der Waals surface area contributed by atoms with Crippen LogP contribution in [0, 0.1) is 0 Å². The minimum Gasteiger partial charge on any atom is -0.495 e. The smallest absolute Gasteiger partial charge is 0.265 e. The molecule has 106 valence electrons. The van der Waals surface area contributed by atoms with Crippen molar-refractivity contribution >= 4 is 43.2 Å². The molecule has 0 saturated carbocycles. The summed E-state index contributed by atoms with van der Waals surface area (Å²) in [6.07, 6.45) is 0. The van der Waals surface area contributed by atoms with Gasteiger partial charge in [-0.05, 0) is 46.3 Å². The van der Waals surface area contributed by atoms with Crippen molar-refractivity contribution in [3.8, 4) is 5.75 Å². The summed E-state index contributed by atoms with van der Waals surface area (Å²) in [5.41, 5.74) is 0.439. The average Bonchev–Trinajstić information content (AvgIpc) is 2.41. The van der Waals surface area contributed by atoms with Crippen LogP contribution in [0.5, 0.6) is 5.75 Å². The highest BCUT2D eigenvalue weighted by Gasteiger charge is 2.20. The molecule has 0 saturated heterocycles. The fourth-order valence-corrected chi connectivity index (χ4v) is 3.63. The van der Waals surface area contributed by atoms with Crippen molar-refractivity contribution in [3.05, 3.63) is 52.0 Å². The van der Waals surface area contributed by atoms with Gasteiger partial charge in [0.15, 0.2) is 0 Å². The van der Waals surface area contributed by atoms with Crippen LogP contribution in [0.3, 0.4) is 0 Å². The third-order valence-corrected chi connectivity index (χ3v) is 4.85. The predicted molar refractivity (Wildman–Crippen MR) is 83.0 cm³/mol. The molecule has 0 aliphatic heterocycles. The molecule has 0 aliphatic rings. The summed E-state index contributed by atoms with van der Waals surface area (Å²) in [7, 11) is -2.39. The van der Waals surface area contributed by atoms with E-state index in [9.17, 15) is 8.42 Å². The molecule has 7 heteroatoms. The summed E-state index contributed by atoms with van der Waals surface area (Å²) < 4.78 is 33.0. The molecule has 0 spiro atoms. The summed E-state index contributed by atoms with van der Waals surface area (Å²) in [5, 5.41) is 0.318. The van der Waals surface area contributed by atoms with Gasteiger partial charge >= 0.3 is 0 Å². The molecule has 0 unspecified atom stereocenters. The molecule has 2 aromatic rings. The molecule has 20 heavy (non-hydrogen) atoms. The molecule has 2 aromatic carbocycles. The van der Waals surface area contributed by atoms with Gasteiger partial charge in [0.2, 0.25) is 0 Å². The summed E-state index contributed by atoms with van der Waals surface area (Å²) in [4.78, 5) is -0.0109. The number of ether oxygens (including phenoxy) is 1. The number of sulfonamides is 1. The molecular formula is C13H11BrClNO3S. The zero-order valence-electron chi connectivity index (χ0n) is 10.4. The van der Waals surface area contributed by atoms with E-state index in [1.807, 2.05) is 0 Å². The average molecular weight is 377 g/mol. The fourth-order valence-electron chi connectivity index (χ4n) is 1.60. The van der Waals surface area contributed by atoms with Gasteiger partial charge in [-0.1, -0.05) is 23.7 Å². The first-order valence-corrected chi connectivity index (χ1v) is 8.20. The quantitative estimate of drug-likeness (QED) is 0.880. The van der Waals surface area contributed by atoms with Crippen LogP contribution in [-0.2, 0) is 10.0 Å². The van der Waals surface area contributed by atoms with Gasteiger partial charge in [-0.25, -0.2) is 8.42 Å². The number of methoxy groups -OCH3 is 1. The van der Waals surface area contributed by atoms with E-state index in [2.05, 4.69) is 20.7 Å². The van der Waals surface area contributed by atoms with E-state index in [0.29, 0.717) is 15.2 Å². The molecule has 4 nitrogen and oxygen atoms in total. The van der Waals surface area contributed by atoms with E-state index in [0.717, 1.165) is 0 Å². The summed E-state index contributed by atoms with van der Waals surface area (Å²) in [5.74, 6) is 0.231. The van der Waals surface area contributed by atoms with Crippen LogP contribution < -0.4 is 9.46 Å². The van der Waals surface area contributed by atoms with E-state index in [4.69, 9.17) is 16.3 Å². The lowest BCUT2D eigenvalue weighted by Crippen LogP contribution is -2.14. The van der Waals surface area contributed by atoms with Crippen LogP contribution in [0.1, 0.15) is 0 Å². The first-order valence-electron chi connectivity index (χ1n) is 5.55. The number of benzene rings is 2. The molecule has 0 amide bonds.